The summed E-state index contributed by atoms with van der Waals surface area (Å²) in [6.45, 7) is 10.9. The van der Waals surface area contributed by atoms with Gasteiger partial charge in [-0.05, 0) is 66.9 Å². The average molecular weight is 324 g/mol. The van der Waals surface area contributed by atoms with Crippen LogP contribution in [0.4, 0.5) is 0 Å². The topological polar surface area (TPSA) is 26.3 Å². The summed E-state index contributed by atoms with van der Waals surface area (Å²) in [6.07, 6.45) is 9.93. The van der Waals surface area contributed by atoms with Crippen molar-refractivity contribution >= 4 is 11.5 Å². The number of fused-ring (bicyclic) bond motifs is 1. The molecule has 1 aromatic rings. The molecule has 0 fully saturated rings. The van der Waals surface area contributed by atoms with Gasteiger partial charge in [-0.2, -0.15) is 0 Å². The van der Waals surface area contributed by atoms with Gasteiger partial charge in [-0.3, -0.25) is 0 Å². The van der Waals surface area contributed by atoms with Crippen LogP contribution in [-0.4, -0.2) is 12.6 Å². The maximum absolute atomic E-state index is 11.4. The number of carbonyl (C=O) groups excluding carboxylic acids is 1. The summed E-state index contributed by atoms with van der Waals surface area (Å²) in [5, 5.41) is 0. The van der Waals surface area contributed by atoms with Crippen LogP contribution in [0.15, 0.2) is 48.1 Å². The van der Waals surface area contributed by atoms with Crippen molar-refractivity contribution in [3.8, 4) is 0 Å². The molecule has 1 aliphatic carbocycles. The standard InChI is InChI=1S/C22H28O2/c1-6-24-21(23)14-16(2)8-7-9-17(3)19-11-10-18-12-13-22(4,5)20(18)15-19/h7-11,14-15H,6,12-13H2,1-5H3/b8-7+,16-14+,17-9+. The highest BCUT2D eigenvalue weighted by atomic mass is 16.5. The first kappa shape index (κ1) is 18.3. The zero-order valence-corrected chi connectivity index (χ0v) is 15.5. The van der Waals surface area contributed by atoms with E-state index in [1.54, 1.807) is 6.92 Å². The Hall–Kier alpha value is -2.09. The minimum Gasteiger partial charge on any atom is -0.463 e. The smallest absolute Gasteiger partial charge is 0.330 e. The van der Waals surface area contributed by atoms with Crippen molar-refractivity contribution < 1.29 is 9.53 Å². The number of hydrogen-bond donors (Lipinski definition) is 0. The largest absolute Gasteiger partial charge is 0.463 e. The third-order valence-corrected chi connectivity index (χ3v) is 4.65. The summed E-state index contributed by atoms with van der Waals surface area (Å²) in [7, 11) is 0. The lowest BCUT2D eigenvalue weighted by Crippen LogP contribution is -2.11. The van der Waals surface area contributed by atoms with E-state index in [1.165, 1.54) is 41.2 Å². The van der Waals surface area contributed by atoms with Gasteiger partial charge in [-0.25, -0.2) is 4.79 Å². The number of benzene rings is 1. The highest BCUT2D eigenvalue weighted by Gasteiger charge is 2.29. The lowest BCUT2D eigenvalue weighted by molar-refractivity contribution is -0.137. The summed E-state index contributed by atoms with van der Waals surface area (Å²) in [4.78, 5) is 11.4. The summed E-state index contributed by atoms with van der Waals surface area (Å²) >= 11 is 0. The van der Waals surface area contributed by atoms with Gasteiger partial charge in [-0.15, -0.1) is 0 Å². The summed E-state index contributed by atoms with van der Waals surface area (Å²) in [6, 6.07) is 6.82. The van der Waals surface area contributed by atoms with Gasteiger partial charge in [0.1, 0.15) is 0 Å². The van der Waals surface area contributed by atoms with E-state index in [-0.39, 0.29) is 11.4 Å². The molecule has 0 amide bonds. The Bertz CT molecular complexity index is 703. The van der Waals surface area contributed by atoms with E-state index < -0.39 is 0 Å². The van der Waals surface area contributed by atoms with Crippen molar-refractivity contribution in [1.29, 1.82) is 0 Å². The average Bonchev–Trinajstić information content (AvgIpc) is 2.82. The molecule has 0 spiro atoms. The van der Waals surface area contributed by atoms with Crippen LogP contribution in [-0.2, 0) is 21.4 Å². The molecule has 0 radical (unpaired) electrons. The third-order valence-electron chi connectivity index (χ3n) is 4.65. The van der Waals surface area contributed by atoms with Crippen molar-refractivity contribution in [3.63, 3.8) is 0 Å². The molecular formula is C22H28O2. The predicted octanol–water partition coefficient (Wildman–Crippen LogP) is 5.38. The second kappa shape index (κ2) is 7.65. The van der Waals surface area contributed by atoms with Gasteiger partial charge in [0.25, 0.3) is 0 Å². The Labute approximate surface area is 145 Å². The van der Waals surface area contributed by atoms with Crippen LogP contribution >= 0.6 is 0 Å². The van der Waals surface area contributed by atoms with Crippen molar-refractivity contribution in [2.75, 3.05) is 6.61 Å². The summed E-state index contributed by atoms with van der Waals surface area (Å²) < 4.78 is 4.91. The van der Waals surface area contributed by atoms with Gasteiger partial charge in [0.05, 0.1) is 6.61 Å². The fraction of sp³-hybridized carbons (Fsp3) is 0.409. The van der Waals surface area contributed by atoms with Gasteiger partial charge in [0, 0.05) is 6.08 Å². The number of esters is 1. The Morgan fingerprint density at radius 2 is 2.04 bits per heavy atom. The lowest BCUT2D eigenvalue weighted by Gasteiger charge is -2.19. The second-order valence-electron chi connectivity index (χ2n) is 7.11. The van der Waals surface area contributed by atoms with Crippen molar-refractivity contribution in [1.82, 2.24) is 0 Å². The molecule has 24 heavy (non-hydrogen) atoms. The van der Waals surface area contributed by atoms with Gasteiger partial charge >= 0.3 is 5.97 Å². The quantitative estimate of drug-likeness (QED) is 0.413. The molecule has 0 atom stereocenters. The van der Waals surface area contributed by atoms with Gasteiger partial charge in [0.15, 0.2) is 0 Å². The van der Waals surface area contributed by atoms with E-state index in [4.69, 9.17) is 4.74 Å². The lowest BCUT2D eigenvalue weighted by atomic mass is 9.85. The van der Waals surface area contributed by atoms with Crippen LogP contribution in [0.25, 0.3) is 5.57 Å². The van der Waals surface area contributed by atoms with E-state index in [2.05, 4.69) is 45.0 Å². The van der Waals surface area contributed by atoms with E-state index in [0.29, 0.717) is 6.61 Å². The molecule has 0 saturated heterocycles. The number of ether oxygens (including phenoxy) is 1. The van der Waals surface area contributed by atoms with Crippen molar-refractivity contribution in [2.24, 2.45) is 0 Å². The van der Waals surface area contributed by atoms with Gasteiger partial charge in [0.2, 0.25) is 0 Å². The zero-order valence-electron chi connectivity index (χ0n) is 15.5. The molecule has 0 heterocycles. The molecule has 128 valence electrons. The molecule has 2 nitrogen and oxygen atoms in total. The van der Waals surface area contributed by atoms with E-state index >= 15 is 0 Å². The molecule has 0 N–H and O–H groups in total. The Morgan fingerprint density at radius 3 is 2.75 bits per heavy atom. The Morgan fingerprint density at radius 1 is 1.29 bits per heavy atom. The monoisotopic (exact) mass is 324 g/mol. The molecule has 0 unspecified atom stereocenters. The second-order valence-corrected chi connectivity index (χ2v) is 7.11. The number of carbonyl (C=O) groups is 1. The maximum Gasteiger partial charge on any atom is 0.330 e. The molecule has 0 aliphatic heterocycles. The normalized spacial score (nSPS) is 17.2. The van der Waals surface area contributed by atoms with Gasteiger partial charge in [-0.1, -0.05) is 50.3 Å². The minimum atomic E-state index is -0.291. The third kappa shape index (κ3) is 4.47. The molecule has 2 rings (SSSR count). The van der Waals surface area contributed by atoms with Crippen LogP contribution in [0.1, 0.15) is 57.7 Å². The fourth-order valence-corrected chi connectivity index (χ4v) is 3.11. The molecular weight excluding hydrogens is 296 g/mol. The SMILES string of the molecule is CCOC(=O)/C=C(C)/C=C/C=C(\C)c1ccc2c(c1)C(C)(C)CC2. The Kier molecular flexibility index (Phi) is 5.82. The van der Waals surface area contributed by atoms with Gasteiger partial charge < -0.3 is 4.74 Å². The highest BCUT2D eigenvalue weighted by Crippen LogP contribution is 2.39. The van der Waals surface area contributed by atoms with Crippen LogP contribution < -0.4 is 0 Å². The number of rotatable bonds is 5. The van der Waals surface area contributed by atoms with E-state index in [9.17, 15) is 4.79 Å². The zero-order chi connectivity index (χ0) is 17.7. The molecule has 1 aromatic carbocycles. The van der Waals surface area contributed by atoms with E-state index in [0.717, 1.165) is 5.57 Å². The molecule has 1 aliphatic rings. The fourth-order valence-electron chi connectivity index (χ4n) is 3.11. The maximum atomic E-state index is 11.4. The molecule has 2 heteroatoms. The summed E-state index contributed by atoms with van der Waals surface area (Å²) in [5.41, 5.74) is 6.62. The molecule has 0 aromatic heterocycles. The highest BCUT2D eigenvalue weighted by molar-refractivity contribution is 5.83. The van der Waals surface area contributed by atoms with Crippen LogP contribution in [0.3, 0.4) is 0 Å². The first-order valence-electron chi connectivity index (χ1n) is 8.67. The van der Waals surface area contributed by atoms with Crippen LogP contribution in [0.5, 0.6) is 0 Å². The van der Waals surface area contributed by atoms with Crippen molar-refractivity contribution in [2.45, 2.75) is 52.9 Å². The number of hydrogen-bond acceptors (Lipinski definition) is 2. The van der Waals surface area contributed by atoms with Crippen LogP contribution in [0, 0.1) is 0 Å². The van der Waals surface area contributed by atoms with E-state index in [1.807, 2.05) is 19.1 Å². The van der Waals surface area contributed by atoms with Crippen LogP contribution in [0.2, 0.25) is 0 Å². The first-order chi connectivity index (χ1) is 11.3. The Balaban J connectivity index is 2.12. The first-order valence-corrected chi connectivity index (χ1v) is 8.67. The van der Waals surface area contributed by atoms with Crippen molar-refractivity contribution in [3.05, 3.63) is 64.8 Å². The minimum absolute atomic E-state index is 0.278. The molecule has 0 saturated carbocycles. The summed E-state index contributed by atoms with van der Waals surface area (Å²) in [5.74, 6) is -0.291. The molecule has 0 bridgehead atoms. The number of aryl methyl sites for hydroxylation is 1. The number of allylic oxidation sites excluding steroid dienone is 5. The predicted molar refractivity (Wildman–Crippen MR) is 101 cm³/mol.